The van der Waals surface area contributed by atoms with E-state index < -0.39 is 29.0 Å². The van der Waals surface area contributed by atoms with Gasteiger partial charge in [0.2, 0.25) is 6.41 Å². The highest BCUT2D eigenvalue weighted by molar-refractivity contribution is 5.76. The van der Waals surface area contributed by atoms with Crippen molar-refractivity contribution in [2.75, 3.05) is 5.32 Å². The van der Waals surface area contributed by atoms with Crippen LogP contribution in [-0.4, -0.2) is 11.5 Å². The van der Waals surface area contributed by atoms with Gasteiger partial charge in [0, 0.05) is 0 Å². The number of anilines is 1. The van der Waals surface area contributed by atoms with Gasteiger partial charge in [-0.05, 0) is 12.1 Å². The molecule has 0 unspecified atom stereocenters. The van der Waals surface area contributed by atoms with Crippen LogP contribution in [0.1, 0.15) is 5.56 Å². The maximum atomic E-state index is 12.8. The smallest absolute Gasteiger partial charge is 0.422 e. The quantitative estimate of drug-likeness (QED) is 0.458. The van der Waals surface area contributed by atoms with Crippen LogP contribution in [-0.2, 0) is 11.0 Å². The van der Waals surface area contributed by atoms with Crippen molar-refractivity contribution in [3.05, 3.63) is 23.5 Å². The average molecular weight is 223 g/mol. The molecule has 1 amide bonds. The molecule has 0 saturated carbocycles. The standard InChI is InChI=1S/C8H5F4NO2/c9-4-1-2-5(13-3-14)7(15)6(4)8(10,11)12/h1-3,15H,(H,13,14). The van der Waals surface area contributed by atoms with E-state index in [9.17, 15) is 22.4 Å². The minimum Gasteiger partial charge on any atom is -0.505 e. The van der Waals surface area contributed by atoms with Gasteiger partial charge in [-0.3, -0.25) is 4.79 Å². The Morgan fingerprint density at radius 1 is 1.33 bits per heavy atom. The van der Waals surface area contributed by atoms with Crippen molar-refractivity contribution in [1.82, 2.24) is 0 Å². The fourth-order valence-corrected chi connectivity index (χ4v) is 1.02. The van der Waals surface area contributed by atoms with Crippen LogP contribution in [0.4, 0.5) is 23.2 Å². The zero-order chi connectivity index (χ0) is 11.6. The Kier molecular flexibility index (Phi) is 2.83. The Morgan fingerprint density at radius 2 is 1.93 bits per heavy atom. The summed E-state index contributed by atoms with van der Waals surface area (Å²) in [6.07, 6.45) is -4.94. The van der Waals surface area contributed by atoms with E-state index in [1.165, 1.54) is 0 Å². The molecule has 82 valence electrons. The van der Waals surface area contributed by atoms with E-state index in [4.69, 9.17) is 5.11 Å². The van der Waals surface area contributed by atoms with Crippen LogP contribution >= 0.6 is 0 Å². The van der Waals surface area contributed by atoms with Crippen LogP contribution in [0.25, 0.3) is 0 Å². The first-order valence-electron chi connectivity index (χ1n) is 3.66. The number of hydrogen-bond donors (Lipinski definition) is 2. The number of nitrogens with one attached hydrogen (secondary N) is 1. The van der Waals surface area contributed by atoms with Gasteiger partial charge in [-0.2, -0.15) is 13.2 Å². The Morgan fingerprint density at radius 3 is 2.40 bits per heavy atom. The maximum absolute atomic E-state index is 12.8. The molecule has 0 heterocycles. The number of benzene rings is 1. The maximum Gasteiger partial charge on any atom is 0.422 e. The van der Waals surface area contributed by atoms with Crippen LogP contribution in [0.15, 0.2) is 12.1 Å². The van der Waals surface area contributed by atoms with Gasteiger partial charge in [-0.25, -0.2) is 4.39 Å². The summed E-state index contributed by atoms with van der Waals surface area (Å²) in [6, 6.07) is 1.34. The molecule has 0 atom stereocenters. The molecular formula is C8H5F4NO2. The molecule has 15 heavy (non-hydrogen) atoms. The van der Waals surface area contributed by atoms with Crippen molar-refractivity contribution in [3.8, 4) is 5.75 Å². The van der Waals surface area contributed by atoms with Crippen molar-refractivity contribution < 1.29 is 27.5 Å². The van der Waals surface area contributed by atoms with Crippen molar-refractivity contribution in [3.63, 3.8) is 0 Å². The molecule has 0 aliphatic carbocycles. The van der Waals surface area contributed by atoms with Crippen LogP contribution in [0.5, 0.6) is 5.75 Å². The second-order valence-corrected chi connectivity index (χ2v) is 2.58. The minimum atomic E-state index is -5.02. The summed E-state index contributed by atoms with van der Waals surface area (Å²) < 4.78 is 49.4. The molecule has 0 aromatic heterocycles. The minimum absolute atomic E-state index is 0.0765. The molecule has 0 radical (unpaired) electrons. The summed E-state index contributed by atoms with van der Waals surface area (Å²) in [7, 11) is 0. The lowest BCUT2D eigenvalue weighted by Gasteiger charge is -2.12. The number of phenols is 1. The Balaban J connectivity index is 3.36. The fraction of sp³-hybridized carbons (Fsp3) is 0.125. The van der Waals surface area contributed by atoms with Crippen molar-refractivity contribution in [2.45, 2.75) is 6.18 Å². The molecule has 0 spiro atoms. The van der Waals surface area contributed by atoms with E-state index in [0.717, 1.165) is 6.07 Å². The Hall–Kier alpha value is -1.79. The summed E-state index contributed by atoms with van der Waals surface area (Å²) in [5.74, 6) is -2.94. The molecular weight excluding hydrogens is 218 g/mol. The number of halogens is 4. The Bertz CT molecular complexity index is 389. The lowest BCUT2D eigenvalue weighted by atomic mass is 10.1. The molecule has 0 saturated heterocycles. The highest BCUT2D eigenvalue weighted by Gasteiger charge is 2.38. The summed E-state index contributed by atoms with van der Waals surface area (Å²) in [5.41, 5.74) is -2.30. The van der Waals surface area contributed by atoms with E-state index in [1.54, 1.807) is 0 Å². The molecule has 0 aliphatic heterocycles. The molecule has 0 bridgehead atoms. The van der Waals surface area contributed by atoms with Crippen LogP contribution in [0.2, 0.25) is 0 Å². The third-order valence-corrected chi connectivity index (χ3v) is 1.62. The second kappa shape index (κ2) is 3.76. The molecule has 1 rings (SSSR count). The molecule has 2 N–H and O–H groups in total. The largest absolute Gasteiger partial charge is 0.505 e. The molecule has 3 nitrogen and oxygen atoms in total. The van der Waals surface area contributed by atoms with Gasteiger partial charge >= 0.3 is 6.18 Å². The van der Waals surface area contributed by atoms with Gasteiger partial charge in [-0.15, -0.1) is 0 Å². The summed E-state index contributed by atoms with van der Waals surface area (Å²) in [6.45, 7) is 0. The lowest BCUT2D eigenvalue weighted by molar-refractivity contribution is -0.141. The van der Waals surface area contributed by atoms with E-state index in [2.05, 4.69) is 0 Å². The first-order valence-corrected chi connectivity index (χ1v) is 3.66. The number of rotatable bonds is 2. The summed E-state index contributed by atoms with van der Waals surface area (Å²) >= 11 is 0. The third kappa shape index (κ3) is 2.17. The van der Waals surface area contributed by atoms with Gasteiger partial charge in [0.15, 0.2) is 5.75 Å². The first kappa shape index (κ1) is 11.3. The topological polar surface area (TPSA) is 49.3 Å². The average Bonchev–Trinajstić information content (AvgIpc) is 2.08. The SMILES string of the molecule is O=CNc1ccc(F)c(C(F)(F)F)c1O. The highest BCUT2D eigenvalue weighted by Crippen LogP contribution is 2.41. The number of carbonyl (C=O) groups is 1. The normalized spacial score (nSPS) is 11.2. The first-order chi connectivity index (χ1) is 6.88. The number of amides is 1. The van der Waals surface area contributed by atoms with Gasteiger partial charge in [0.1, 0.15) is 11.4 Å². The van der Waals surface area contributed by atoms with Crippen LogP contribution in [0.3, 0.4) is 0 Å². The molecule has 1 aromatic carbocycles. The molecule has 7 heteroatoms. The highest BCUT2D eigenvalue weighted by atomic mass is 19.4. The fourth-order valence-electron chi connectivity index (χ4n) is 1.02. The number of alkyl halides is 3. The van der Waals surface area contributed by atoms with Crippen molar-refractivity contribution >= 4 is 12.1 Å². The zero-order valence-electron chi connectivity index (χ0n) is 7.10. The number of carbonyl (C=O) groups excluding carboxylic acids is 1. The van der Waals surface area contributed by atoms with Gasteiger partial charge in [0.05, 0.1) is 5.69 Å². The Labute approximate surface area is 81.3 Å². The van der Waals surface area contributed by atoms with Crippen molar-refractivity contribution in [1.29, 1.82) is 0 Å². The van der Waals surface area contributed by atoms with E-state index >= 15 is 0 Å². The predicted octanol–water partition coefficient (Wildman–Crippen LogP) is 2.12. The van der Waals surface area contributed by atoms with Gasteiger partial charge < -0.3 is 10.4 Å². The summed E-state index contributed by atoms with van der Waals surface area (Å²) in [5, 5.41) is 10.9. The third-order valence-electron chi connectivity index (χ3n) is 1.62. The molecule has 0 fully saturated rings. The number of phenolic OH excluding ortho intramolecular Hbond substituents is 1. The van der Waals surface area contributed by atoms with E-state index in [-0.39, 0.29) is 6.41 Å². The van der Waals surface area contributed by atoms with Crippen molar-refractivity contribution in [2.24, 2.45) is 0 Å². The molecule has 1 aromatic rings. The van der Waals surface area contributed by atoms with Crippen LogP contribution < -0.4 is 5.32 Å². The predicted molar refractivity (Wildman–Crippen MR) is 42.8 cm³/mol. The second-order valence-electron chi connectivity index (χ2n) is 2.58. The number of aromatic hydroxyl groups is 1. The lowest BCUT2D eigenvalue weighted by Crippen LogP contribution is -2.10. The monoisotopic (exact) mass is 223 g/mol. The van der Waals surface area contributed by atoms with Crippen LogP contribution in [0, 0.1) is 5.82 Å². The van der Waals surface area contributed by atoms with E-state index in [1.807, 2.05) is 5.32 Å². The van der Waals surface area contributed by atoms with Gasteiger partial charge in [-0.1, -0.05) is 0 Å². The van der Waals surface area contributed by atoms with E-state index in [0.29, 0.717) is 6.07 Å². The number of hydrogen-bond acceptors (Lipinski definition) is 2. The molecule has 0 aliphatic rings. The summed E-state index contributed by atoms with van der Waals surface area (Å²) in [4.78, 5) is 9.98. The zero-order valence-corrected chi connectivity index (χ0v) is 7.10. The van der Waals surface area contributed by atoms with Gasteiger partial charge in [0.25, 0.3) is 0 Å².